The first kappa shape index (κ1) is 22.2. The van der Waals surface area contributed by atoms with Gasteiger partial charge >= 0.3 is 0 Å². The first-order chi connectivity index (χ1) is 13.9. The Bertz CT molecular complexity index is 851. The molecule has 0 radical (unpaired) electrons. The molecule has 2 N–H and O–H groups in total. The molecule has 1 aromatic rings. The van der Waals surface area contributed by atoms with Crippen LogP contribution < -0.4 is 10.0 Å². The number of sulfonamides is 1. The minimum absolute atomic E-state index is 0.0298. The molecule has 7 nitrogen and oxygen atoms in total. The predicted molar refractivity (Wildman–Crippen MR) is 111 cm³/mol. The summed E-state index contributed by atoms with van der Waals surface area (Å²) in [6.07, 6.45) is 2.32. The molecule has 1 aromatic carbocycles. The largest absolute Gasteiger partial charge is 0.379 e. The van der Waals surface area contributed by atoms with Crippen LogP contribution in [0.1, 0.15) is 16.8 Å². The summed E-state index contributed by atoms with van der Waals surface area (Å²) < 4.78 is 46.3. The Morgan fingerprint density at radius 1 is 1.38 bits per heavy atom. The van der Waals surface area contributed by atoms with Crippen molar-refractivity contribution >= 4 is 27.7 Å². The van der Waals surface area contributed by atoms with Gasteiger partial charge in [0.15, 0.2) is 0 Å². The second-order valence-corrected chi connectivity index (χ2v) is 9.94. The zero-order valence-electron chi connectivity index (χ0n) is 16.2. The topological polar surface area (TPSA) is 87.7 Å². The van der Waals surface area contributed by atoms with Gasteiger partial charge in [0.25, 0.3) is 5.91 Å². The summed E-state index contributed by atoms with van der Waals surface area (Å²) in [7, 11) is -4.07. The Morgan fingerprint density at radius 2 is 2.14 bits per heavy atom. The van der Waals surface area contributed by atoms with Crippen molar-refractivity contribution < 1.29 is 22.3 Å². The Morgan fingerprint density at radius 3 is 2.79 bits per heavy atom. The van der Waals surface area contributed by atoms with Gasteiger partial charge in [0.2, 0.25) is 10.0 Å². The number of morpholine rings is 1. The van der Waals surface area contributed by atoms with Crippen LogP contribution in [0.15, 0.2) is 35.7 Å². The number of carbonyl (C=O) groups is 1. The number of halogens is 1. The maximum atomic E-state index is 14.1. The number of benzene rings is 1. The third-order valence-corrected chi connectivity index (χ3v) is 7.92. The lowest BCUT2D eigenvalue weighted by Crippen LogP contribution is -2.59. The van der Waals surface area contributed by atoms with Crippen molar-refractivity contribution in [2.24, 2.45) is 0 Å². The average molecular weight is 444 g/mol. The van der Waals surface area contributed by atoms with Crippen LogP contribution in [0.25, 0.3) is 0 Å². The van der Waals surface area contributed by atoms with Gasteiger partial charge in [-0.05, 0) is 30.4 Å². The van der Waals surface area contributed by atoms with E-state index in [0.717, 1.165) is 43.1 Å². The molecule has 10 heteroatoms. The molecule has 160 valence electrons. The van der Waals surface area contributed by atoms with Crippen molar-refractivity contribution in [3.05, 3.63) is 42.2 Å². The number of thioether (sulfide) groups is 1. The molecule has 2 aliphatic rings. The van der Waals surface area contributed by atoms with E-state index in [-0.39, 0.29) is 17.6 Å². The van der Waals surface area contributed by atoms with Gasteiger partial charge < -0.3 is 10.1 Å². The van der Waals surface area contributed by atoms with Crippen LogP contribution in [0.5, 0.6) is 0 Å². The Kier molecular flexibility index (Phi) is 7.33. The Hall–Kier alpha value is -1.46. The van der Waals surface area contributed by atoms with Crippen molar-refractivity contribution in [1.82, 2.24) is 14.9 Å². The van der Waals surface area contributed by atoms with Crippen molar-refractivity contribution in [2.45, 2.75) is 16.9 Å². The molecular weight excluding hydrogens is 417 g/mol. The molecule has 0 bridgehead atoms. The van der Waals surface area contributed by atoms with Crippen molar-refractivity contribution in [3.63, 3.8) is 0 Å². The maximum absolute atomic E-state index is 14.1. The normalized spacial score (nSPS) is 23.1. The van der Waals surface area contributed by atoms with E-state index in [9.17, 15) is 17.6 Å². The van der Waals surface area contributed by atoms with Crippen molar-refractivity contribution in [3.8, 4) is 0 Å². The van der Waals surface area contributed by atoms with E-state index in [1.807, 2.05) is 11.8 Å². The van der Waals surface area contributed by atoms with Gasteiger partial charge in [0, 0.05) is 43.0 Å². The standard InChI is InChI=1S/C19H26FN3O4S2/c1-2-6-22-29(25,26)17-12-15(3-4-16(17)20)18(24)21-13-19(5-11-28-14-19)23-7-9-27-10-8-23/h2-4,12,22H,1,5-11,13-14H2,(H,21,24). The zero-order valence-corrected chi connectivity index (χ0v) is 17.8. The molecule has 0 aromatic heterocycles. The fourth-order valence-electron chi connectivity index (χ4n) is 3.58. The number of amides is 1. The number of carbonyl (C=O) groups excluding carboxylic acids is 1. The van der Waals surface area contributed by atoms with E-state index in [1.54, 1.807) is 0 Å². The number of nitrogens with zero attached hydrogens (tertiary/aromatic N) is 1. The summed E-state index contributed by atoms with van der Waals surface area (Å²) in [5.74, 6) is 0.618. The first-order valence-corrected chi connectivity index (χ1v) is 12.1. The van der Waals surface area contributed by atoms with E-state index in [0.29, 0.717) is 19.8 Å². The highest BCUT2D eigenvalue weighted by Gasteiger charge is 2.41. The number of hydrogen-bond acceptors (Lipinski definition) is 6. The molecule has 0 saturated carbocycles. The molecule has 0 aliphatic carbocycles. The lowest BCUT2D eigenvalue weighted by atomic mass is 9.95. The molecule has 1 unspecified atom stereocenters. The van der Waals surface area contributed by atoms with Crippen LogP contribution in [0.4, 0.5) is 4.39 Å². The summed E-state index contributed by atoms with van der Waals surface area (Å²) in [4.78, 5) is 14.5. The van der Waals surface area contributed by atoms with E-state index in [4.69, 9.17) is 4.74 Å². The molecule has 2 fully saturated rings. The van der Waals surface area contributed by atoms with Gasteiger partial charge in [-0.2, -0.15) is 11.8 Å². The molecule has 2 aliphatic heterocycles. The number of hydrogen-bond donors (Lipinski definition) is 2. The molecule has 29 heavy (non-hydrogen) atoms. The van der Waals surface area contributed by atoms with E-state index in [2.05, 4.69) is 21.5 Å². The summed E-state index contributed by atoms with van der Waals surface area (Å²) in [5.41, 5.74) is -0.0296. The van der Waals surface area contributed by atoms with Crippen LogP contribution in [0.2, 0.25) is 0 Å². The van der Waals surface area contributed by atoms with Gasteiger partial charge in [-0.25, -0.2) is 17.5 Å². The Balaban J connectivity index is 1.73. The van der Waals surface area contributed by atoms with Gasteiger partial charge in [-0.1, -0.05) is 6.08 Å². The van der Waals surface area contributed by atoms with Crippen molar-refractivity contribution in [1.29, 1.82) is 0 Å². The lowest BCUT2D eigenvalue weighted by Gasteiger charge is -2.43. The number of ether oxygens (including phenoxy) is 1. The molecule has 2 saturated heterocycles. The smallest absolute Gasteiger partial charge is 0.251 e. The van der Waals surface area contributed by atoms with Crippen LogP contribution >= 0.6 is 11.8 Å². The van der Waals surface area contributed by atoms with Crippen molar-refractivity contribution in [2.75, 3.05) is 50.9 Å². The monoisotopic (exact) mass is 443 g/mol. The minimum atomic E-state index is -4.07. The van der Waals surface area contributed by atoms with E-state index in [1.165, 1.54) is 12.1 Å². The number of nitrogens with one attached hydrogen (secondary N) is 2. The van der Waals surface area contributed by atoms with Crippen LogP contribution in [0, 0.1) is 5.82 Å². The SMILES string of the molecule is C=CCNS(=O)(=O)c1cc(C(=O)NCC2(N3CCOCC3)CCSC2)ccc1F. The molecule has 2 heterocycles. The molecule has 0 spiro atoms. The molecule has 1 amide bonds. The van der Waals surface area contributed by atoms with Crippen LogP contribution in [-0.4, -0.2) is 75.7 Å². The summed E-state index contributed by atoms with van der Waals surface area (Å²) >= 11 is 1.86. The van der Waals surface area contributed by atoms with E-state index < -0.39 is 26.6 Å². The van der Waals surface area contributed by atoms with Crippen LogP contribution in [-0.2, 0) is 14.8 Å². The van der Waals surface area contributed by atoms with E-state index >= 15 is 0 Å². The third-order valence-electron chi connectivity index (χ3n) is 5.24. The van der Waals surface area contributed by atoms with Gasteiger partial charge in [0.1, 0.15) is 10.7 Å². The summed E-state index contributed by atoms with van der Waals surface area (Å²) in [5, 5.41) is 2.93. The molecule has 1 atom stereocenters. The predicted octanol–water partition coefficient (Wildman–Crippen LogP) is 1.23. The zero-order chi connectivity index (χ0) is 20.9. The highest BCUT2D eigenvalue weighted by Crippen LogP contribution is 2.33. The fraction of sp³-hybridized carbons (Fsp3) is 0.526. The highest BCUT2D eigenvalue weighted by atomic mass is 32.2. The third kappa shape index (κ3) is 5.18. The second kappa shape index (κ2) is 9.57. The van der Waals surface area contributed by atoms with Gasteiger partial charge in [0.05, 0.1) is 13.2 Å². The highest BCUT2D eigenvalue weighted by molar-refractivity contribution is 7.99. The van der Waals surface area contributed by atoms with Gasteiger partial charge in [-0.15, -0.1) is 6.58 Å². The average Bonchev–Trinajstić information content (AvgIpc) is 3.21. The maximum Gasteiger partial charge on any atom is 0.251 e. The Labute approximate surface area is 175 Å². The van der Waals surface area contributed by atoms with Gasteiger partial charge in [-0.3, -0.25) is 9.69 Å². The minimum Gasteiger partial charge on any atom is -0.379 e. The molecular formula is C19H26FN3O4S2. The second-order valence-electron chi connectivity index (χ2n) is 7.09. The lowest BCUT2D eigenvalue weighted by molar-refractivity contribution is -0.0129. The summed E-state index contributed by atoms with van der Waals surface area (Å²) in [6.45, 7) is 6.86. The summed E-state index contributed by atoms with van der Waals surface area (Å²) in [6, 6.07) is 3.36. The fourth-order valence-corrected chi connectivity index (χ4v) is 6.16. The van der Waals surface area contributed by atoms with Crippen LogP contribution in [0.3, 0.4) is 0 Å². The number of rotatable bonds is 8. The quantitative estimate of drug-likeness (QED) is 0.588. The first-order valence-electron chi connectivity index (χ1n) is 9.47. The molecule has 3 rings (SSSR count).